The number of anilines is 1. The van der Waals surface area contributed by atoms with Crippen molar-refractivity contribution in [3.8, 4) is 0 Å². The summed E-state index contributed by atoms with van der Waals surface area (Å²) in [6, 6.07) is 0.197. The molecule has 0 amide bonds. The number of aromatic amines is 1. The lowest BCUT2D eigenvalue weighted by Gasteiger charge is -2.58. The van der Waals surface area contributed by atoms with Gasteiger partial charge in [0.05, 0.1) is 17.6 Å². The molecule has 0 spiro atoms. The van der Waals surface area contributed by atoms with Crippen molar-refractivity contribution in [2.24, 2.45) is 17.8 Å². The zero-order valence-electron chi connectivity index (χ0n) is 13.2. The molecule has 7 nitrogen and oxygen atoms in total. The number of carbonyl (C=O) groups is 1. The average Bonchev–Trinajstić information content (AvgIpc) is 2.97. The molecule has 4 N–H and O–H groups in total. The van der Waals surface area contributed by atoms with E-state index in [1.807, 2.05) is 0 Å². The molecule has 4 aliphatic rings. The second kappa shape index (κ2) is 4.69. The standard InChI is InChI=1S/C17H20N4O3/c22-16(23)11-6-18-15-14(19-7-20-15)13(11)21-12-9-1-8-2-10(12)5-17(24,3-8)4-9/h6-10,12,24H,1-5H2,(H,22,23)(H2,18,19,20,21)/t8?,9-,10+,12+,17+. The summed E-state index contributed by atoms with van der Waals surface area (Å²) in [6.45, 7) is 0. The van der Waals surface area contributed by atoms with Gasteiger partial charge in [0, 0.05) is 12.2 Å². The Bertz CT molecular complexity index is 816. The molecular weight excluding hydrogens is 308 g/mol. The molecule has 0 radical (unpaired) electrons. The Labute approximate surface area is 138 Å². The zero-order valence-corrected chi connectivity index (χ0v) is 13.2. The molecular formula is C17H20N4O3. The molecule has 2 heterocycles. The van der Waals surface area contributed by atoms with Crippen molar-refractivity contribution in [1.29, 1.82) is 0 Å². The van der Waals surface area contributed by atoms with E-state index in [1.54, 1.807) is 0 Å². The van der Waals surface area contributed by atoms with Gasteiger partial charge in [-0.3, -0.25) is 0 Å². The van der Waals surface area contributed by atoms with E-state index in [0.29, 0.717) is 34.6 Å². The minimum atomic E-state index is -1.00. The van der Waals surface area contributed by atoms with Crippen molar-refractivity contribution >= 4 is 22.8 Å². The van der Waals surface area contributed by atoms with Crippen molar-refractivity contribution in [2.75, 3.05) is 5.32 Å². The van der Waals surface area contributed by atoms with Crippen LogP contribution in [0.1, 0.15) is 42.5 Å². The third-order valence-corrected chi connectivity index (χ3v) is 6.23. The van der Waals surface area contributed by atoms with Gasteiger partial charge in [0.1, 0.15) is 11.1 Å². The van der Waals surface area contributed by atoms with E-state index in [9.17, 15) is 15.0 Å². The summed E-state index contributed by atoms with van der Waals surface area (Å²) in [5, 5.41) is 23.8. The summed E-state index contributed by atoms with van der Waals surface area (Å²) in [5.74, 6) is 0.403. The number of aliphatic hydroxyl groups is 1. The number of carboxylic acids is 1. The quantitative estimate of drug-likeness (QED) is 0.686. The molecule has 0 aliphatic heterocycles. The Morgan fingerprint density at radius 3 is 2.67 bits per heavy atom. The fourth-order valence-corrected chi connectivity index (χ4v) is 5.58. The number of pyridine rings is 1. The van der Waals surface area contributed by atoms with Gasteiger partial charge in [0.25, 0.3) is 0 Å². The summed E-state index contributed by atoms with van der Waals surface area (Å²) >= 11 is 0. The Kier molecular flexibility index (Phi) is 2.78. The molecule has 4 aliphatic carbocycles. The first-order valence-electron chi connectivity index (χ1n) is 8.57. The van der Waals surface area contributed by atoms with Crippen LogP contribution in [0.3, 0.4) is 0 Å². The van der Waals surface area contributed by atoms with Crippen molar-refractivity contribution < 1.29 is 15.0 Å². The van der Waals surface area contributed by atoms with Gasteiger partial charge in [-0.25, -0.2) is 14.8 Å². The number of hydrogen-bond acceptors (Lipinski definition) is 5. The molecule has 0 aromatic carbocycles. The molecule has 1 unspecified atom stereocenters. The smallest absolute Gasteiger partial charge is 0.339 e. The topological polar surface area (TPSA) is 111 Å². The minimum Gasteiger partial charge on any atom is -0.478 e. The van der Waals surface area contributed by atoms with Gasteiger partial charge in [-0.15, -0.1) is 0 Å². The van der Waals surface area contributed by atoms with E-state index >= 15 is 0 Å². The van der Waals surface area contributed by atoms with Crippen LogP contribution < -0.4 is 5.32 Å². The highest BCUT2D eigenvalue weighted by atomic mass is 16.4. The van der Waals surface area contributed by atoms with E-state index in [-0.39, 0.29) is 11.6 Å². The van der Waals surface area contributed by atoms with Crippen LogP contribution in [-0.4, -0.2) is 42.8 Å². The highest BCUT2D eigenvalue weighted by molar-refractivity contribution is 6.02. The Morgan fingerprint density at radius 2 is 2.00 bits per heavy atom. The molecule has 2 aromatic rings. The van der Waals surface area contributed by atoms with Gasteiger partial charge < -0.3 is 20.5 Å². The van der Waals surface area contributed by atoms with Gasteiger partial charge >= 0.3 is 5.97 Å². The van der Waals surface area contributed by atoms with Crippen LogP contribution in [0.4, 0.5) is 5.69 Å². The largest absolute Gasteiger partial charge is 0.478 e. The number of nitrogens with zero attached hydrogens (tertiary/aromatic N) is 2. The maximum Gasteiger partial charge on any atom is 0.339 e. The van der Waals surface area contributed by atoms with E-state index in [2.05, 4.69) is 20.3 Å². The molecule has 2 aromatic heterocycles. The Morgan fingerprint density at radius 1 is 1.25 bits per heavy atom. The predicted molar refractivity (Wildman–Crippen MR) is 86.8 cm³/mol. The number of nitrogens with one attached hydrogen (secondary N) is 2. The first-order chi connectivity index (χ1) is 11.5. The Hall–Kier alpha value is -2.15. The number of imidazole rings is 1. The molecule has 4 saturated carbocycles. The first-order valence-corrected chi connectivity index (χ1v) is 8.57. The van der Waals surface area contributed by atoms with Crippen LogP contribution >= 0.6 is 0 Å². The van der Waals surface area contributed by atoms with Crippen molar-refractivity contribution in [2.45, 2.75) is 43.7 Å². The van der Waals surface area contributed by atoms with Gasteiger partial charge in [-0.1, -0.05) is 0 Å². The second-order valence-corrected chi connectivity index (χ2v) is 7.82. The number of hydrogen-bond donors (Lipinski definition) is 4. The normalized spacial score (nSPS) is 37.0. The fourth-order valence-electron chi connectivity index (χ4n) is 5.58. The molecule has 0 saturated heterocycles. The molecule has 126 valence electrons. The van der Waals surface area contributed by atoms with Crippen LogP contribution in [0.5, 0.6) is 0 Å². The first kappa shape index (κ1) is 14.2. The zero-order chi connectivity index (χ0) is 16.5. The van der Waals surface area contributed by atoms with Crippen molar-refractivity contribution in [3.63, 3.8) is 0 Å². The van der Waals surface area contributed by atoms with E-state index in [0.717, 1.165) is 32.1 Å². The predicted octanol–water partition coefficient (Wildman–Crippen LogP) is 2.01. The summed E-state index contributed by atoms with van der Waals surface area (Å²) < 4.78 is 0. The number of H-pyrrole nitrogens is 1. The van der Waals surface area contributed by atoms with Crippen LogP contribution in [0.2, 0.25) is 0 Å². The number of aromatic carboxylic acids is 1. The Balaban J connectivity index is 1.54. The van der Waals surface area contributed by atoms with Crippen LogP contribution in [0.15, 0.2) is 12.5 Å². The number of rotatable bonds is 3. The van der Waals surface area contributed by atoms with Gasteiger partial charge in [0.15, 0.2) is 5.65 Å². The van der Waals surface area contributed by atoms with E-state index in [4.69, 9.17) is 0 Å². The summed E-state index contributed by atoms with van der Waals surface area (Å²) in [7, 11) is 0. The average molecular weight is 328 g/mol. The number of carboxylic acid groups (broad SMARTS) is 1. The van der Waals surface area contributed by atoms with Crippen LogP contribution in [0, 0.1) is 17.8 Å². The summed E-state index contributed by atoms with van der Waals surface area (Å²) in [4.78, 5) is 23.0. The lowest BCUT2D eigenvalue weighted by atomic mass is 9.52. The minimum absolute atomic E-state index is 0.155. The molecule has 24 heavy (non-hydrogen) atoms. The fraction of sp³-hybridized carbons (Fsp3) is 0.588. The van der Waals surface area contributed by atoms with E-state index in [1.165, 1.54) is 12.5 Å². The monoisotopic (exact) mass is 328 g/mol. The highest BCUT2D eigenvalue weighted by Crippen LogP contribution is 2.56. The van der Waals surface area contributed by atoms with Gasteiger partial charge in [-0.05, 0) is 49.9 Å². The molecule has 4 fully saturated rings. The maximum atomic E-state index is 11.6. The van der Waals surface area contributed by atoms with Crippen molar-refractivity contribution in [3.05, 3.63) is 18.1 Å². The van der Waals surface area contributed by atoms with Crippen molar-refractivity contribution in [1.82, 2.24) is 15.0 Å². The molecule has 4 bridgehead atoms. The number of fused-ring (bicyclic) bond motifs is 1. The lowest BCUT2D eigenvalue weighted by Crippen LogP contribution is -2.59. The molecule has 7 heteroatoms. The second-order valence-electron chi connectivity index (χ2n) is 7.82. The van der Waals surface area contributed by atoms with Crippen LogP contribution in [0.25, 0.3) is 11.2 Å². The van der Waals surface area contributed by atoms with Crippen LogP contribution in [-0.2, 0) is 0 Å². The third-order valence-electron chi connectivity index (χ3n) is 6.23. The third kappa shape index (κ3) is 1.97. The van der Waals surface area contributed by atoms with Gasteiger partial charge in [-0.2, -0.15) is 0 Å². The summed E-state index contributed by atoms with van der Waals surface area (Å²) in [5.41, 5.74) is 1.37. The maximum absolute atomic E-state index is 11.6. The number of aromatic nitrogens is 3. The van der Waals surface area contributed by atoms with E-state index < -0.39 is 11.6 Å². The lowest BCUT2D eigenvalue weighted by molar-refractivity contribution is -0.129. The summed E-state index contributed by atoms with van der Waals surface area (Å²) in [6.07, 6.45) is 7.72. The molecule has 6 rings (SSSR count). The molecule has 5 atom stereocenters. The SMILES string of the molecule is O=C(O)c1cnc2[nH]cnc2c1N[C@H]1[C@@H]2CC3C[C@H]1C[C@](O)(C3)C2. The van der Waals surface area contributed by atoms with Gasteiger partial charge in [0.2, 0.25) is 0 Å². The highest BCUT2D eigenvalue weighted by Gasteiger charge is 2.54.